The van der Waals surface area contributed by atoms with Crippen LogP contribution in [-0.4, -0.2) is 66.2 Å². The minimum atomic E-state index is -4.84. The van der Waals surface area contributed by atoms with Crippen molar-refractivity contribution in [2.45, 2.75) is 44.9 Å². The minimum Gasteiger partial charge on any atom is -0.477 e. The first-order chi connectivity index (χ1) is 19.2. The van der Waals surface area contributed by atoms with Crippen LogP contribution in [0.15, 0.2) is 42.9 Å². The maximum atomic E-state index is 13.4. The summed E-state index contributed by atoms with van der Waals surface area (Å²) in [5, 5.41) is 3.26. The van der Waals surface area contributed by atoms with E-state index in [0.29, 0.717) is 35.2 Å². The molecule has 14 heteroatoms. The predicted molar refractivity (Wildman–Crippen MR) is 149 cm³/mol. The number of nitrogens with one attached hydrogen (secondary N) is 2. The monoisotopic (exact) mass is 594 g/mol. The molecule has 3 aromatic rings. The van der Waals surface area contributed by atoms with Gasteiger partial charge in [0.15, 0.2) is 5.01 Å². The van der Waals surface area contributed by atoms with Crippen molar-refractivity contribution in [1.29, 1.82) is 0 Å². The minimum absolute atomic E-state index is 0.00786. The third kappa shape index (κ3) is 7.70. The number of hydrogen-bond donors (Lipinski definition) is 2. The summed E-state index contributed by atoms with van der Waals surface area (Å²) in [6.45, 7) is 6.89. The van der Waals surface area contributed by atoms with E-state index in [0.717, 1.165) is 37.3 Å². The highest BCUT2D eigenvalue weighted by Crippen LogP contribution is 2.29. The summed E-state index contributed by atoms with van der Waals surface area (Å²) in [6, 6.07) is 5.62. The van der Waals surface area contributed by atoms with E-state index >= 15 is 0 Å². The number of likely N-dealkylation sites (tertiary alicyclic amines) is 1. The molecule has 4 rings (SSSR count). The SMILES string of the molecule is CCOc1cncc(-c2cnc(C(=O)N[C@H](c3cccc(NS(=O)(=O)C(F)F)c3)[C@H](C)CN3CCCCC3)s2)n1. The topological polar surface area (TPSA) is 126 Å². The number of halogens is 2. The third-order valence-corrected chi connectivity index (χ3v) is 8.46. The van der Waals surface area contributed by atoms with Gasteiger partial charge in [0.1, 0.15) is 5.69 Å². The lowest BCUT2D eigenvalue weighted by Crippen LogP contribution is -2.40. The molecule has 1 aliphatic rings. The molecule has 1 aromatic carbocycles. The number of thiazole rings is 1. The van der Waals surface area contributed by atoms with Crippen molar-refractivity contribution < 1.29 is 26.7 Å². The summed E-state index contributed by atoms with van der Waals surface area (Å²) in [5.41, 5.74) is 1.10. The second-order valence-electron chi connectivity index (χ2n) is 9.53. The average Bonchev–Trinajstić information content (AvgIpc) is 3.43. The fraction of sp³-hybridized carbons (Fsp3) is 0.462. The van der Waals surface area contributed by atoms with Crippen LogP contribution >= 0.6 is 11.3 Å². The number of alkyl halides is 2. The highest BCUT2D eigenvalue weighted by atomic mass is 32.2. The molecule has 3 heterocycles. The van der Waals surface area contributed by atoms with Crippen LogP contribution in [0.1, 0.15) is 54.5 Å². The molecule has 0 spiro atoms. The van der Waals surface area contributed by atoms with E-state index in [1.165, 1.54) is 24.8 Å². The molecule has 216 valence electrons. The van der Waals surface area contributed by atoms with Gasteiger partial charge in [-0.05, 0) is 56.5 Å². The van der Waals surface area contributed by atoms with Crippen molar-refractivity contribution in [1.82, 2.24) is 25.2 Å². The van der Waals surface area contributed by atoms with Crippen LogP contribution in [0.3, 0.4) is 0 Å². The van der Waals surface area contributed by atoms with Gasteiger partial charge in [-0.25, -0.2) is 18.4 Å². The molecule has 1 saturated heterocycles. The number of carbonyl (C=O) groups is 1. The summed E-state index contributed by atoms with van der Waals surface area (Å²) >= 11 is 1.15. The van der Waals surface area contributed by atoms with E-state index in [1.807, 2.05) is 18.6 Å². The zero-order valence-electron chi connectivity index (χ0n) is 22.2. The molecule has 0 unspecified atom stereocenters. The number of nitrogens with zero attached hydrogens (tertiary/aromatic N) is 4. The Morgan fingerprint density at radius 1 is 1.18 bits per heavy atom. The number of benzene rings is 1. The first-order valence-corrected chi connectivity index (χ1v) is 15.4. The van der Waals surface area contributed by atoms with Crippen LogP contribution in [0, 0.1) is 5.92 Å². The highest BCUT2D eigenvalue weighted by molar-refractivity contribution is 7.93. The Bertz CT molecular complexity index is 1400. The Morgan fingerprint density at radius 2 is 1.95 bits per heavy atom. The van der Waals surface area contributed by atoms with Gasteiger partial charge in [0, 0.05) is 18.4 Å². The average molecular weight is 595 g/mol. The Balaban J connectivity index is 1.57. The van der Waals surface area contributed by atoms with Crippen molar-refractivity contribution in [3.8, 4) is 16.5 Å². The molecule has 1 fully saturated rings. The zero-order valence-corrected chi connectivity index (χ0v) is 23.9. The van der Waals surface area contributed by atoms with Crippen molar-refractivity contribution >= 4 is 33.0 Å². The maximum absolute atomic E-state index is 13.4. The maximum Gasteiger partial charge on any atom is 0.355 e. The molecule has 40 heavy (non-hydrogen) atoms. The van der Waals surface area contributed by atoms with E-state index in [9.17, 15) is 22.0 Å². The quantitative estimate of drug-likeness (QED) is 0.313. The molecule has 2 aromatic heterocycles. The Morgan fingerprint density at radius 3 is 2.67 bits per heavy atom. The summed E-state index contributed by atoms with van der Waals surface area (Å²) in [4.78, 5) is 29.2. The van der Waals surface area contributed by atoms with Crippen molar-refractivity contribution in [3.05, 3.63) is 53.4 Å². The van der Waals surface area contributed by atoms with Gasteiger partial charge in [-0.2, -0.15) is 8.78 Å². The van der Waals surface area contributed by atoms with Gasteiger partial charge in [0.25, 0.3) is 15.9 Å². The molecule has 0 bridgehead atoms. The zero-order chi connectivity index (χ0) is 28.7. The van der Waals surface area contributed by atoms with Gasteiger partial charge < -0.3 is 15.0 Å². The standard InChI is InChI=1S/C26H32F2N6O4S2/c1-3-38-22-15-29-13-20(31-22)21-14-30-25(39-21)24(35)32-23(17(2)16-34-10-5-4-6-11-34)18-8-7-9-19(12-18)33-40(36,37)26(27)28/h7-9,12-15,17,23,26,33H,3-6,10-11,16H2,1-2H3,(H,32,35)/t17-,23+/m1/s1. The fourth-order valence-electron chi connectivity index (χ4n) is 4.60. The van der Waals surface area contributed by atoms with Crippen LogP contribution in [0.25, 0.3) is 10.6 Å². The number of amides is 1. The highest BCUT2D eigenvalue weighted by Gasteiger charge is 2.28. The van der Waals surface area contributed by atoms with Gasteiger partial charge in [0.2, 0.25) is 5.88 Å². The summed E-state index contributed by atoms with van der Waals surface area (Å²) in [6.07, 6.45) is 8.00. The van der Waals surface area contributed by atoms with E-state index in [1.54, 1.807) is 24.5 Å². The molecular weight excluding hydrogens is 562 g/mol. The second-order valence-corrected chi connectivity index (χ2v) is 12.2. The van der Waals surface area contributed by atoms with Crippen molar-refractivity contribution in [3.63, 3.8) is 0 Å². The molecule has 1 aliphatic heterocycles. The molecule has 2 atom stereocenters. The number of aromatic nitrogens is 3. The lowest BCUT2D eigenvalue weighted by molar-refractivity contribution is 0.0910. The second kappa shape index (κ2) is 13.4. The van der Waals surface area contributed by atoms with Crippen LogP contribution < -0.4 is 14.8 Å². The Hall–Kier alpha value is -3.23. The number of carbonyl (C=O) groups excluding carboxylic acids is 1. The van der Waals surface area contributed by atoms with Crippen LogP contribution in [0.4, 0.5) is 14.5 Å². The van der Waals surface area contributed by atoms with Crippen molar-refractivity contribution in [2.24, 2.45) is 5.92 Å². The summed E-state index contributed by atoms with van der Waals surface area (Å²) in [7, 11) is -4.84. The van der Waals surface area contributed by atoms with Gasteiger partial charge in [-0.1, -0.05) is 25.5 Å². The Labute approximate surface area is 236 Å². The molecule has 1 amide bonds. The smallest absolute Gasteiger partial charge is 0.355 e. The predicted octanol–water partition coefficient (Wildman–Crippen LogP) is 4.56. The number of sulfonamides is 1. The normalized spacial score (nSPS) is 15.9. The van der Waals surface area contributed by atoms with Gasteiger partial charge >= 0.3 is 5.76 Å². The Kier molecular flexibility index (Phi) is 9.98. The fourth-order valence-corrected chi connectivity index (χ4v) is 5.92. The molecule has 0 radical (unpaired) electrons. The first kappa shape index (κ1) is 29.7. The largest absolute Gasteiger partial charge is 0.477 e. The van der Waals surface area contributed by atoms with E-state index in [2.05, 4.69) is 25.2 Å². The van der Waals surface area contributed by atoms with Gasteiger partial charge in [-0.3, -0.25) is 14.5 Å². The van der Waals surface area contributed by atoms with Crippen LogP contribution in [0.2, 0.25) is 0 Å². The number of anilines is 1. The van der Waals surface area contributed by atoms with E-state index in [4.69, 9.17) is 4.74 Å². The first-order valence-electron chi connectivity index (χ1n) is 13.0. The molecule has 0 aliphatic carbocycles. The molecular formula is C26H32F2N6O4S2. The van der Waals surface area contributed by atoms with Crippen LogP contribution in [0.5, 0.6) is 5.88 Å². The van der Waals surface area contributed by atoms with E-state index in [-0.39, 0.29) is 16.6 Å². The molecule has 10 nitrogen and oxygen atoms in total. The number of ether oxygens (including phenoxy) is 1. The summed E-state index contributed by atoms with van der Waals surface area (Å²) in [5.74, 6) is -3.70. The van der Waals surface area contributed by atoms with E-state index < -0.39 is 27.7 Å². The lowest BCUT2D eigenvalue weighted by atomic mass is 9.93. The van der Waals surface area contributed by atoms with Crippen molar-refractivity contribution in [2.75, 3.05) is 31.0 Å². The molecule has 0 saturated carbocycles. The van der Waals surface area contributed by atoms with Gasteiger partial charge in [-0.15, -0.1) is 11.3 Å². The van der Waals surface area contributed by atoms with Crippen LogP contribution in [-0.2, 0) is 10.0 Å². The summed E-state index contributed by atoms with van der Waals surface area (Å²) < 4.78 is 56.8. The number of piperidine rings is 1. The van der Waals surface area contributed by atoms with Gasteiger partial charge in [0.05, 0.1) is 29.9 Å². The lowest BCUT2D eigenvalue weighted by Gasteiger charge is -2.33. The third-order valence-electron chi connectivity index (χ3n) is 6.45. The molecule has 2 N–H and O–H groups in total. The number of hydrogen-bond acceptors (Lipinski definition) is 9. The number of rotatable bonds is 12.